The van der Waals surface area contributed by atoms with Crippen LogP contribution >= 0.6 is 0 Å². The average molecular weight is 318 g/mol. The molecule has 0 fully saturated rings. The molecule has 0 saturated heterocycles. The third kappa shape index (κ3) is 2.86. The molecule has 7 heteroatoms. The molecule has 120 valence electrons. The molecule has 2 aromatic heterocycles. The Hall–Kier alpha value is -2.57. The molecule has 23 heavy (non-hydrogen) atoms. The summed E-state index contributed by atoms with van der Waals surface area (Å²) in [6, 6.07) is 5.29. The van der Waals surface area contributed by atoms with Crippen LogP contribution in [0.5, 0.6) is 0 Å². The van der Waals surface area contributed by atoms with E-state index in [4.69, 9.17) is 4.52 Å². The quantitative estimate of drug-likeness (QED) is 0.718. The van der Waals surface area contributed by atoms with Gasteiger partial charge in [0.2, 0.25) is 5.82 Å². The summed E-state index contributed by atoms with van der Waals surface area (Å²) in [7, 11) is 0. The molecule has 5 nitrogen and oxygen atoms in total. The first-order valence-electron chi connectivity index (χ1n) is 7.12. The Balaban J connectivity index is 1.98. The summed E-state index contributed by atoms with van der Waals surface area (Å²) in [4.78, 5) is 4.22. The molecular weight excluding hydrogens is 302 g/mol. The van der Waals surface area contributed by atoms with E-state index in [1.54, 1.807) is 0 Å². The van der Waals surface area contributed by atoms with Crippen LogP contribution < -0.4 is 0 Å². The third-order valence-electron chi connectivity index (χ3n) is 3.35. The zero-order valence-electron chi connectivity index (χ0n) is 13.3. The second-order valence-electron chi connectivity index (χ2n) is 6.31. The van der Waals surface area contributed by atoms with Crippen LogP contribution in [0.25, 0.3) is 23.0 Å². The van der Waals surface area contributed by atoms with Crippen molar-refractivity contribution in [2.45, 2.75) is 33.2 Å². The van der Waals surface area contributed by atoms with Crippen LogP contribution in [-0.2, 0) is 5.54 Å². The highest BCUT2D eigenvalue weighted by atomic mass is 19.2. The van der Waals surface area contributed by atoms with Gasteiger partial charge in [0.1, 0.15) is 0 Å². The van der Waals surface area contributed by atoms with Crippen LogP contribution in [0.2, 0.25) is 0 Å². The third-order valence-corrected chi connectivity index (χ3v) is 3.35. The minimum absolute atomic E-state index is 0.175. The second-order valence-corrected chi connectivity index (χ2v) is 6.31. The van der Waals surface area contributed by atoms with Gasteiger partial charge in [-0.3, -0.25) is 4.68 Å². The van der Waals surface area contributed by atoms with E-state index in [1.165, 1.54) is 6.07 Å². The van der Waals surface area contributed by atoms with Gasteiger partial charge in [-0.2, -0.15) is 10.1 Å². The van der Waals surface area contributed by atoms with Crippen molar-refractivity contribution in [2.24, 2.45) is 0 Å². The van der Waals surface area contributed by atoms with Crippen molar-refractivity contribution in [2.75, 3.05) is 0 Å². The Kier molecular flexibility index (Phi) is 3.50. The van der Waals surface area contributed by atoms with Crippen LogP contribution in [-0.4, -0.2) is 19.9 Å². The van der Waals surface area contributed by atoms with E-state index in [9.17, 15) is 8.78 Å². The van der Waals surface area contributed by atoms with Crippen LogP contribution in [0.15, 0.2) is 28.8 Å². The van der Waals surface area contributed by atoms with Gasteiger partial charge >= 0.3 is 0 Å². The smallest absolute Gasteiger partial charge is 0.278 e. The fourth-order valence-corrected chi connectivity index (χ4v) is 2.34. The fourth-order valence-electron chi connectivity index (χ4n) is 2.34. The Morgan fingerprint density at radius 2 is 1.83 bits per heavy atom. The van der Waals surface area contributed by atoms with Crippen molar-refractivity contribution in [3.63, 3.8) is 0 Å². The maximum atomic E-state index is 13.3. The van der Waals surface area contributed by atoms with E-state index >= 15 is 0 Å². The molecule has 0 aliphatic carbocycles. The highest BCUT2D eigenvalue weighted by Crippen LogP contribution is 2.25. The molecule has 3 aromatic rings. The van der Waals surface area contributed by atoms with Crippen LogP contribution in [0.4, 0.5) is 8.78 Å². The molecule has 0 amide bonds. The van der Waals surface area contributed by atoms with Crippen molar-refractivity contribution in [1.29, 1.82) is 0 Å². The van der Waals surface area contributed by atoms with Gasteiger partial charge < -0.3 is 4.52 Å². The zero-order chi connectivity index (χ0) is 16.8. The molecule has 1 aromatic carbocycles. The van der Waals surface area contributed by atoms with Gasteiger partial charge in [-0.1, -0.05) is 5.16 Å². The highest BCUT2D eigenvalue weighted by Gasteiger charge is 2.21. The van der Waals surface area contributed by atoms with Gasteiger partial charge in [-0.25, -0.2) is 8.78 Å². The minimum atomic E-state index is -0.957. The number of hydrogen-bond acceptors (Lipinski definition) is 4. The minimum Gasteiger partial charge on any atom is -0.332 e. The van der Waals surface area contributed by atoms with Gasteiger partial charge in [0.25, 0.3) is 5.89 Å². The topological polar surface area (TPSA) is 56.7 Å². The summed E-state index contributed by atoms with van der Waals surface area (Å²) in [5, 5.41) is 8.29. The van der Waals surface area contributed by atoms with Crippen molar-refractivity contribution in [3.05, 3.63) is 41.6 Å². The summed E-state index contributed by atoms with van der Waals surface area (Å²) in [5.74, 6) is -1.46. The molecule has 0 N–H and O–H groups in total. The number of hydrogen-bond donors (Lipinski definition) is 0. The van der Waals surface area contributed by atoms with Crippen molar-refractivity contribution in [1.82, 2.24) is 19.9 Å². The standard InChI is InChI=1S/C16H16F2N4O/c1-9-7-13(20-22(9)16(2,3)4)15-19-14(21-23-15)10-5-6-11(17)12(18)8-10/h5-8H,1-4H3. The summed E-state index contributed by atoms with van der Waals surface area (Å²) < 4.78 is 33.4. The average Bonchev–Trinajstić information content (AvgIpc) is 3.07. The molecule has 0 saturated carbocycles. The zero-order valence-corrected chi connectivity index (χ0v) is 13.3. The van der Waals surface area contributed by atoms with Gasteiger partial charge in [0.15, 0.2) is 17.3 Å². The predicted octanol–water partition coefficient (Wildman–Crippen LogP) is 3.94. The predicted molar refractivity (Wildman–Crippen MR) is 80.6 cm³/mol. The molecule has 0 aliphatic rings. The summed E-state index contributed by atoms with van der Waals surface area (Å²) in [6.07, 6.45) is 0. The Labute approximate surface area is 131 Å². The largest absolute Gasteiger partial charge is 0.332 e. The van der Waals surface area contributed by atoms with Crippen molar-refractivity contribution >= 4 is 0 Å². The highest BCUT2D eigenvalue weighted by molar-refractivity contribution is 5.58. The fraction of sp³-hybridized carbons (Fsp3) is 0.312. The van der Waals surface area contributed by atoms with E-state index in [1.807, 2.05) is 38.4 Å². The van der Waals surface area contributed by atoms with Gasteiger partial charge in [0.05, 0.1) is 5.54 Å². The molecule has 0 unspecified atom stereocenters. The monoisotopic (exact) mass is 318 g/mol. The normalized spacial score (nSPS) is 11.9. The van der Waals surface area contributed by atoms with Gasteiger partial charge in [-0.05, 0) is 52.0 Å². The molecule has 0 bridgehead atoms. The van der Waals surface area contributed by atoms with E-state index in [-0.39, 0.29) is 17.3 Å². The number of nitrogens with zero attached hydrogens (tertiary/aromatic N) is 4. The van der Waals surface area contributed by atoms with E-state index in [0.29, 0.717) is 11.3 Å². The Morgan fingerprint density at radius 3 is 2.43 bits per heavy atom. The lowest BCUT2D eigenvalue weighted by Crippen LogP contribution is -2.24. The summed E-state index contributed by atoms with van der Waals surface area (Å²) >= 11 is 0. The van der Waals surface area contributed by atoms with Crippen LogP contribution in [0, 0.1) is 18.6 Å². The second kappa shape index (κ2) is 5.26. The first-order chi connectivity index (χ1) is 10.8. The van der Waals surface area contributed by atoms with E-state index < -0.39 is 11.6 Å². The van der Waals surface area contributed by atoms with Crippen molar-refractivity contribution in [3.8, 4) is 23.0 Å². The number of rotatable bonds is 2. The first-order valence-corrected chi connectivity index (χ1v) is 7.12. The Morgan fingerprint density at radius 1 is 1.09 bits per heavy atom. The maximum Gasteiger partial charge on any atom is 0.278 e. The maximum absolute atomic E-state index is 13.3. The number of aryl methyl sites for hydroxylation is 1. The van der Waals surface area contributed by atoms with E-state index in [2.05, 4.69) is 15.2 Å². The lowest BCUT2D eigenvalue weighted by Gasteiger charge is -2.20. The number of halogens is 2. The summed E-state index contributed by atoms with van der Waals surface area (Å²) in [5.41, 5.74) is 1.66. The molecule has 3 rings (SSSR count). The Bertz CT molecular complexity index is 861. The van der Waals surface area contributed by atoms with Crippen molar-refractivity contribution < 1.29 is 13.3 Å². The molecule has 0 atom stereocenters. The summed E-state index contributed by atoms with van der Waals surface area (Å²) in [6.45, 7) is 8.06. The molecule has 0 aliphatic heterocycles. The van der Waals surface area contributed by atoms with Gasteiger partial charge in [-0.15, -0.1) is 0 Å². The molecule has 2 heterocycles. The van der Waals surface area contributed by atoms with Gasteiger partial charge in [0, 0.05) is 11.3 Å². The lowest BCUT2D eigenvalue weighted by atomic mass is 10.1. The SMILES string of the molecule is Cc1cc(-c2nc(-c3ccc(F)c(F)c3)no2)nn1C(C)(C)C. The van der Waals surface area contributed by atoms with E-state index in [0.717, 1.165) is 17.8 Å². The lowest BCUT2D eigenvalue weighted by molar-refractivity contribution is 0.347. The van der Waals surface area contributed by atoms with Crippen LogP contribution in [0.3, 0.4) is 0 Å². The first kappa shape index (κ1) is 15.3. The number of benzene rings is 1. The number of aromatic nitrogens is 4. The molecule has 0 radical (unpaired) electrons. The molecular formula is C16H16F2N4O. The molecule has 0 spiro atoms. The van der Waals surface area contributed by atoms with Crippen LogP contribution in [0.1, 0.15) is 26.5 Å².